The maximum absolute atomic E-state index is 12.8. The molecule has 3 heterocycles. The number of carbonyl (C=O) groups excluding carboxylic acids is 1. The van der Waals surface area contributed by atoms with Crippen molar-refractivity contribution in [3.05, 3.63) is 40.9 Å². The molecular weight excluding hydrogens is 392 g/mol. The molecule has 2 aromatic rings. The highest BCUT2D eigenvalue weighted by atomic mass is 32.1. The minimum absolute atomic E-state index is 0.237. The standard InChI is InChI=1S/C24H34N4OS/c1-3-22-6-4-5-11-28(22)23(29)16-21-18-30-24(25-21)20-9-7-19(8-10-20)17-27-14-12-26(2)13-15-27/h7-10,18,22H,3-6,11-17H2,1-2H3. The highest BCUT2D eigenvalue weighted by Crippen LogP contribution is 2.26. The first-order valence-corrected chi connectivity index (χ1v) is 12.2. The minimum Gasteiger partial charge on any atom is -0.339 e. The third-order valence-corrected chi connectivity index (χ3v) is 7.45. The number of hydrogen-bond donors (Lipinski definition) is 0. The monoisotopic (exact) mass is 426 g/mol. The molecular formula is C24H34N4OS. The Balaban J connectivity index is 1.34. The number of rotatable bonds is 6. The Kier molecular flexibility index (Phi) is 7.18. The van der Waals surface area contributed by atoms with Gasteiger partial charge in [0.1, 0.15) is 5.01 Å². The zero-order valence-corrected chi connectivity index (χ0v) is 19.2. The number of piperidine rings is 1. The summed E-state index contributed by atoms with van der Waals surface area (Å²) in [7, 11) is 2.19. The Morgan fingerprint density at radius 3 is 2.60 bits per heavy atom. The van der Waals surface area contributed by atoms with E-state index >= 15 is 0 Å². The van der Waals surface area contributed by atoms with E-state index in [2.05, 4.69) is 58.3 Å². The van der Waals surface area contributed by atoms with E-state index < -0.39 is 0 Å². The molecule has 2 aliphatic heterocycles. The molecule has 1 aromatic carbocycles. The molecule has 0 radical (unpaired) electrons. The van der Waals surface area contributed by atoms with Crippen LogP contribution in [0.25, 0.3) is 10.6 Å². The molecule has 0 spiro atoms. The van der Waals surface area contributed by atoms with Gasteiger partial charge in [-0.15, -0.1) is 11.3 Å². The van der Waals surface area contributed by atoms with E-state index in [0.29, 0.717) is 12.5 Å². The number of piperazine rings is 1. The summed E-state index contributed by atoms with van der Waals surface area (Å²) >= 11 is 1.64. The molecule has 30 heavy (non-hydrogen) atoms. The van der Waals surface area contributed by atoms with E-state index in [4.69, 9.17) is 4.98 Å². The van der Waals surface area contributed by atoms with Crippen molar-refractivity contribution in [2.24, 2.45) is 0 Å². The first kappa shape index (κ1) is 21.5. The molecule has 2 aliphatic rings. The van der Waals surface area contributed by atoms with Crippen molar-refractivity contribution in [2.45, 2.75) is 51.6 Å². The van der Waals surface area contributed by atoms with Crippen molar-refractivity contribution in [1.29, 1.82) is 0 Å². The van der Waals surface area contributed by atoms with E-state index in [1.54, 1.807) is 11.3 Å². The lowest BCUT2D eigenvalue weighted by molar-refractivity contribution is -0.134. The molecule has 1 aromatic heterocycles. The van der Waals surface area contributed by atoms with Crippen LogP contribution >= 0.6 is 11.3 Å². The number of likely N-dealkylation sites (N-methyl/N-ethyl adjacent to an activating group) is 1. The second-order valence-corrected chi connectivity index (χ2v) is 9.60. The lowest BCUT2D eigenvalue weighted by atomic mass is 9.99. The highest BCUT2D eigenvalue weighted by Gasteiger charge is 2.25. The number of amides is 1. The average Bonchev–Trinajstić information content (AvgIpc) is 3.24. The quantitative estimate of drug-likeness (QED) is 0.703. The van der Waals surface area contributed by atoms with Gasteiger partial charge in [0.25, 0.3) is 0 Å². The molecule has 6 heteroatoms. The van der Waals surface area contributed by atoms with Crippen molar-refractivity contribution >= 4 is 17.2 Å². The van der Waals surface area contributed by atoms with Crippen LogP contribution in [0.3, 0.4) is 0 Å². The molecule has 1 amide bonds. The summed E-state index contributed by atoms with van der Waals surface area (Å²) < 4.78 is 0. The number of likely N-dealkylation sites (tertiary alicyclic amines) is 1. The van der Waals surface area contributed by atoms with Gasteiger partial charge in [0.2, 0.25) is 5.91 Å². The van der Waals surface area contributed by atoms with Gasteiger partial charge in [-0.1, -0.05) is 31.2 Å². The molecule has 0 saturated carbocycles. The van der Waals surface area contributed by atoms with Crippen molar-refractivity contribution in [3.63, 3.8) is 0 Å². The van der Waals surface area contributed by atoms with Crippen LogP contribution in [0.5, 0.6) is 0 Å². The van der Waals surface area contributed by atoms with Gasteiger partial charge in [0, 0.05) is 56.3 Å². The zero-order chi connectivity index (χ0) is 20.9. The molecule has 162 valence electrons. The van der Waals surface area contributed by atoms with Gasteiger partial charge in [0.15, 0.2) is 0 Å². The normalized spacial score (nSPS) is 21.1. The van der Waals surface area contributed by atoms with Crippen LogP contribution in [-0.2, 0) is 17.8 Å². The van der Waals surface area contributed by atoms with Gasteiger partial charge in [-0.25, -0.2) is 4.98 Å². The topological polar surface area (TPSA) is 39.7 Å². The van der Waals surface area contributed by atoms with Crippen LogP contribution in [0, 0.1) is 0 Å². The maximum atomic E-state index is 12.8. The van der Waals surface area contributed by atoms with Gasteiger partial charge in [-0.3, -0.25) is 9.69 Å². The number of hydrogen-bond acceptors (Lipinski definition) is 5. The summed E-state index contributed by atoms with van der Waals surface area (Å²) in [5, 5.41) is 3.06. The number of carbonyl (C=O) groups is 1. The average molecular weight is 427 g/mol. The lowest BCUT2D eigenvalue weighted by Crippen LogP contribution is -2.44. The largest absolute Gasteiger partial charge is 0.339 e. The van der Waals surface area contributed by atoms with Crippen LogP contribution in [-0.4, -0.2) is 71.4 Å². The van der Waals surface area contributed by atoms with E-state index in [1.165, 1.54) is 12.0 Å². The van der Waals surface area contributed by atoms with Gasteiger partial charge in [0.05, 0.1) is 12.1 Å². The summed E-state index contributed by atoms with van der Waals surface area (Å²) in [6.45, 7) is 8.67. The van der Waals surface area contributed by atoms with Crippen LogP contribution < -0.4 is 0 Å². The Hall–Kier alpha value is -1.76. The van der Waals surface area contributed by atoms with E-state index in [0.717, 1.165) is 74.8 Å². The fraction of sp³-hybridized carbons (Fsp3) is 0.583. The number of nitrogens with zero attached hydrogens (tertiary/aromatic N) is 4. The summed E-state index contributed by atoms with van der Waals surface area (Å²) in [6.07, 6.45) is 4.99. The summed E-state index contributed by atoms with van der Waals surface area (Å²) in [6, 6.07) is 9.21. The Morgan fingerprint density at radius 2 is 1.87 bits per heavy atom. The molecule has 2 saturated heterocycles. The second kappa shape index (κ2) is 10.0. The van der Waals surface area contributed by atoms with Gasteiger partial charge in [-0.05, 0) is 38.3 Å². The number of aromatic nitrogens is 1. The van der Waals surface area contributed by atoms with Gasteiger partial charge in [-0.2, -0.15) is 0 Å². The highest BCUT2D eigenvalue weighted by molar-refractivity contribution is 7.13. The third-order valence-electron chi connectivity index (χ3n) is 6.51. The predicted octanol–water partition coefficient (Wildman–Crippen LogP) is 3.89. The van der Waals surface area contributed by atoms with Crippen molar-refractivity contribution in [2.75, 3.05) is 39.8 Å². The summed E-state index contributed by atoms with van der Waals surface area (Å²) in [4.78, 5) is 24.6. The van der Waals surface area contributed by atoms with Crippen LogP contribution in [0.2, 0.25) is 0 Å². The Morgan fingerprint density at radius 1 is 1.10 bits per heavy atom. The van der Waals surface area contributed by atoms with Crippen molar-refractivity contribution < 1.29 is 4.79 Å². The molecule has 1 unspecified atom stereocenters. The van der Waals surface area contributed by atoms with E-state index in [1.807, 2.05) is 0 Å². The first-order chi connectivity index (χ1) is 14.6. The van der Waals surface area contributed by atoms with Crippen LogP contribution in [0.1, 0.15) is 43.9 Å². The summed E-state index contributed by atoms with van der Waals surface area (Å²) in [5.41, 5.74) is 3.40. The van der Waals surface area contributed by atoms with Crippen LogP contribution in [0.15, 0.2) is 29.6 Å². The zero-order valence-electron chi connectivity index (χ0n) is 18.3. The Bertz CT molecular complexity index is 826. The molecule has 0 N–H and O–H groups in total. The van der Waals surface area contributed by atoms with E-state index in [-0.39, 0.29) is 5.91 Å². The Labute approximate surface area is 184 Å². The smallest absolute Gasteiger partial charge is 0.228 e. The molecule has 4 rings (SSSR count). The van der Waals surface area contributed by atoms with E-state index in [9.17, 15) is 4.79 Å². The van der Waals surface area contributed by atoms with Gasteiger partial charge < -0.3 is 9.80 Å². The van der Waals surface area contributed by atoms with Crippen LogP contribution in [0.4, 0.5) is 0 Å². The second-order valence-electron chi connectivity index (χ2n) is 8.74. The SMILES string of the molecule is CCC1CCCCN1C(=O)Cc1csc(-c2ccc(CN3CCN(C)CC3)cc2)n1. The number of benzene rings is 1. The summed E-state index contributed by atoms with van der Waals surface area (Å²) in [5.74, 6) is 0.237. The molecule has 0 aliphatic carbocycles. The van der Waals surface area contributed by atoms with Crippen molar-refractivity contribution in [3.8, 4) is 10.6 Å². The molecule has 0 bridgehead atoms. The predicted molar refractivity (Wildman–Crippen MR) is 124 cm³/mol. The first-order valence-electron chi connectivity index (χ1n) is 11.4. The fourth-order valence-electron chi connectivity index (χ4n) is 4.55. The molecule has 2 fully saturated rings. The molecule has 1 atom stereocenters. The number of thiazole rings is 1. The molecule has 5 nitrogen and oxygen atoms in total. The third kappa shape index (κ3) is 5.29. The van der Waals surface area contributed by atoms with Crippen molar-refractivity contribution in [1.82, 2.24) is 19.7 Å². The van der Waals surface area contributed by atoms with Gasteiger partial charge >= 0.3 is 0 Å². The maximum Gasteiger partial charge on any atom is 0.228 e. The fourth-order valence-corrected chi connectivity index (χ4v) is 5.37. The minimum atomic E-state index is 0.237. The lowest BCUT2D eigenvalue weighted by Gasteiger charge is -2.35.